The van der Waals surface area contributed by atoms with Crippen LogP contribution < -0.4 is 16.4 Å². The fourth-order valence-corrected chi connectivity index (χ4v) is 4.99. The van der Waals surface area contributed by atoms with Crippen molar-refractivity contribution in [2.24, 2.45) is 5.73 Å². The summed E-state index contributed by atoms with van der Waals surface area (Å²) < 4.78 is 56.2. The first-order valence-corrected chi connectivity index (χ1v) is 12.0. The second kappa shape index (κ2) is 9.80. The summed E-state index contributed by atoms with van der Waals surface area (Å²) >= 11 is 0. The molecule has 5 N–H and O–H groups in total. The number of rotatable bonds is 6. The average Bonchev–Trinajstić information content (AvgIpc) is 3.34. The van der Waals surface area contributed by atoms with Crippen molar-refractivity contribution in [3.05, 3.63) is 60.3 Å². The van der Waals surface area contributed by atoms with Crippen LogP contribution in [0.25, 0.3) is 22.4 Å². The Morgan fingerprint density at radius 2 is 1.87 bits per heavy atom. The van der Waals surface area contributed by atoms with E-state index in [0.717, 1.165) is 12.1 Å². The molecule has 1 aliphatic heterocycles. The molecule has 38 heavy (non-hydrogen) atoms. The van der Waals surface area contributed by atoms with E-state index in [1.54, 1.807) is 23.2 Å². The first kappa shape index (κ1) is 25.8. The van der Waals surface area contributed by atoms with Gasteiger partial charge >= 0.3 is 0 Å². The maximum absolute atomic E-state index is 14.0. The Kier molecular flexibility index (Phi) is 6.65. The van der Waals surface area contributed by atoms with Crippen molar-refractivity contribution in [1.82, 2.24) is 24.5 Å². The zero-order chi connectivity index (χ0) is 27.2. The number of aromatic nitrogens is 5. The van der Waals surface area contributed by atoms with Crippen LogP contribution in [0.2, 0.25) is 0 Å². The van der Waals surface area contributed by atoms with Gasteiger partial charge < -0.3 is 26.0 Å². The van der Waals surface area contributed by atoms with Gasteiger partial charge in [0.15, 0.2) is 23.1 Å². The largest absolute Gasteiger partial charge is 0.385 e. The molecule has 9 nitrogen and oxygen atoms in total. The van der Waals surface area contributed by atoms with Gasteiger partial charge in [-0.1, -0.05) is 0 Å². The Morgan fingerprint density at radius 3 is 2.61 bits per heavy atom. The zero-order valence-corrected chi connectivity index (χ0v) is 20.4. The summed E-state index contributed by atoms with van der Waals surface area (Å²) in [5, 5.41) is 10.2. The number of imidazole rings is 1. The minimum atomic E-state index is -2.99. The third-order valence-corrected chi connectivity index (χ3v) is 7.11. The van der Waals surface area contributed by atoms with Crippen LogP contribution in [0.15, 0.2) is 43.1 Å². The molecule has 0 spiro atoms. The second-order valence-corrected chi connectivity index (χ2v) is 9.55. The number of pyridine rings is 1. The molecule has 4 heterocycles. The molecule has 13 heteroatoms. The number of fused-ring (bicyclic) bond motifs is 1. The Morgan fingerprint density at radius 1 is 1.08 bits per heavy atom. The van der Waals surface area contributed by atoms with Gasteiger partial charge in [-0.3, -0.25) is 4.98 Å². The van der Waals surface area contributed by atoms with E-state index in [1.807, 2.05) is 11.8 Å². The third kappa shape index (κ3) is 4.52. The summed E-state index contributed by atoms with van der Waals surface area (Å²) in [6, 6.07) is 4.77. The second-order valence-electron chi connectivity index (χ2n) is 9.55. The van der Waals surface area contributed by atoms with Crippen molar-refractivity contribution >= 4 is 22.7 Å². The molecule has 0 saturated carbocycles. The zero-order valence-electron chi connectivity index (χ0n) is 20.4. The van der Waals surface area contributed by atoms with E-state index in [2.05, 4.69) is 19.9 Å². The van der Waals surface area contributed by atoms with Crippen LogP contribution in [0.4, 0.5) is 29.1 Å². The van der Waals surface area contributed by atoms with Crippen molar-refractivity contribution in [2.45, 2.75) is 43.9 Å². The van der Waals surface area contributed by atoms with Crippen molar-refractivity contribution in [3.8, 4) is 11.3 Å². The highest BCUT2D eigenvalue weighted by Gasteiger charge is 2.43. The van der Waals surface area contributed by atoms with E-state index in [0.29, 0.717) is 46.6 Å². The molecule has 1 aromatic carbocycles. The fourth-order valence-electron chi connectivity index (χ4n) is 4.99. The molecule has 1 aliphatic rings. The Balaban J connectivity index is 1.62. The predicted octanol–water partition coefficient (Wildman–Crippen LogP) is 3.28. The summed E-state index contributed by atoms with van der Waals surface area (Å²) in [6.45, 7) is 2.33. The molecule has 3 atom stereocenters. The third-order valence-electron chi connectivity index (χ3n) is 7.11. The normalized spacial score (nSPS) is 19.7. The van der Waals surface area contributed by atoms with Crippen LogP contribution in [0.5, 0.6) is 0 Å². The standard InChI is InChI=1S/C25H26F4N8O/c1-13(37-12-35-20-23(30)33-11-34-24(20)37)15-8-18(14-3-4-16(26)17(27)7-14)32-9-19(15)36-6-2-5-25(31,10-36)21(38)22(28)29/h3-4,7-9,11-13,21-22,38H,2,5-6,10,31H2,1H3,(H2,30,33,34)/t13?,21-,25-/m1/s1. The molecule has 0 aliphatic carbocycles. The highest BCUT2D eigenvalue weighted by Crippen LogP contribution is 2.37. The maximum atomic E-state index is 14.0. The summed E-state index contributed by atoms with van der Waals surface area (Å²) in [5.41, 5.74) is 13.6. The lowest BCUT2D eigenvalue weighted by molar-refractivity contribution is -0.0529. The molecule has 5 rings (SSSR count). The number of anilines is 2. The van der Waals surface area contributed by atoms with Gasteiger partial charge in [-0.15, -0.1) is 0 Å². The molecule has 1 saturated heterocycles. The molecular formula is C25H26F4N8O. The van der Waals surface area contributed by atoms with Crippen molar-refractivity contribution in [1.29, 1.82) is 0 Å². The summed E-state index contributed by atoms with van der Waals surface area (Å²) in [4.78, 5) is 18.9. The topological polar surface area (TPSA) is 132 Å². The summed E-state index contributed by atoms with van der Waals surface area (Å²) in [5.74, 6) is -1.78. The van der Waals surface area contributed by atoms with Gasteiger partial charge in [0.05, 0.1) is 35.5 Å². The van der Waals surface area contributed by atoms with Crippen LogP contribution >= 0.6 is 0 Å². The fraction of sp³-hybridized carbons (Fsp3) is 0.360. The van der Waals surface area contributed by atoms with Gasteiger partial charge in [-0.2, -0.15) is 0 Å². The number of hydrogen-bond donors (Lipinski definition) is 3. The van der Waals surface area contributed by atoms with E-state index >= 15 is 0 Å². The molecule has 0 bridgehead atoms. The first-order valence-electron chi connectivity index (χ1n) is 12.0. The van der Waals surface area contributed by atoms with Crippen LogP contribution in [-0.2, 0) is 0 Å². The molecule has 200 valence electrons. The number of nitrogen functional groups attached to an aromatic ring is 1. The minimum absolute atomic E-state index is 0.0375. The number of nitrogens with zero attached hydrogens (tertiary/aromatic N) is 6. The van der Waals surface area contributed by atoms with E-state index < -0.39 is 35.7 Å². The van der Waals surface area contributed by atoms with E-state index in [4.69, 9.17) is 11.5 Å². The SMILES string of the molecule is CC(c1cc(-c2ccc(F)c(F)c2)ncc1N1CCC[C@](N)([C@H](O)C(F)F)C1)n1cnc2c(N)ncnc21. The number of alkyl halides is 2. The van der Waals surface area contributed by atoms with Gasteiger partial charge in [0.25, 0.3) is 6.43 Å². The van der Waals surface area contributed by atoms with Crippen LogP contribution in [-0.4, -0.2) is 60.8 Å². The van der Waals surface area contributed by atoms with Crippen molar-refractivity contribution < 1.29 is 22.7 Å². The van der Waals surface area contributed by atoms with E-state index in [-0.39, 0.29) is 18.8 Å². The lowest BCUT2D eigenvalue weighted by Crippen LogP contribution is -2.63. The Hall–Kier alpha value is -3.84. The molecule has 1 unspecified atom stereocenters. The van der Waals surface area contributed by atoms with Gasteiger partial charge in [-0.25, -0.2) is 32.5 Å². The minimum Gasteiger partial charge on any atom is -0.385 e. The molecular weight excluding hydrogens is 504 g/mol. The monoisotopic (exact) mass is 530 g/mol. The predicted molar refractivity (Wildman–Crippen MR) is 134 cm³/mol. The Labute approximate surface area is 215 Å². The quantitative estimate of drug-likeness (QED) is 0.324. The smallest absolute Gasteiger partial charge is 0.265 e. The van der Waals surface area contributed by atoms with E-state index in [9.17, 15) is 22.7 Å². The van der Waals surface area contributed by atoms with Gasteiger partial charge in [0, 0.05) is 24.2 Å². The summed E-state index contributed by atoms with van der Waals surface area (Å²) in [6.07, 6.45) is 0.130. The van der Waals surface area contributed by atoms with Gasteiger partial charge in [0.1, 0.15) is 17.9 Å². The highest BCUT2D eigenvalue weighted by atomic mass is 19.3. The lowest BCUT2D eigenvalue weighted by Gasteiger charge is -2.44. The maximum Gasteiger partial charge on any atom is 0.265 e. The molecule has 3 aromatic heterocycles. The van der Waals surface area contributed by atoms with Gasteiger partial charge in [-0.05, 0) is 44.0 Å². The number of piperidine rings is 1. The first-order chi connectivity index (χ1) is 18.1. The van der Waals surface area contributed by atoms with Crippen LogP contribution in [0.3, 0.4) is 0 Å². The number of halogens is 4. The number of benzene rings is 1. The number of hydrogen-bond acceptors (Lipinski definition) is 8. The molecule has 4 aromatic rings. The van der Waals surface area contributed by atoms with Crippen molar-refractivity contribution in [2.75, 3.05) is 23.7 Å². The van der Waals surface area contributed by atoms with Crippen molar-refractivity contribution in [3.63, 3.8) is 0 Å². The average molecular weight is 531 g/mol. The van der Waals surface area contributed by atoms with Gasteiger partial charge in [0.2, 0.25) is 0 Å². The number of aliphatic hydroxyl groups is 1. The lowest BCUT2D eigenvalue weighted by atomic mass is 9.84. The Bertz CT molecular complexity index is 1480. The molecule has 1 fully saturated rings. The van der Waals surface area contributed by atoms with Crippen LogP contribution in [0, 0.1) is 11.6 Å². The van der Waals surface area contributed by atoms with E-state index in [1.165, 1.54) is 12.4 Å². The number of nitrogens with two attached hydrogens (primary N) is 2. The summed E-state index contributed by atoms with van der Waals surface area (Å²) in [7, 11) is 0. The molecule has 0 radical (unpaired) electrons. The van der Waals surface area contributed by atoms with Crippen LogP contribution in [0.1, 0.15) is 31.4 Å². The highest BCUT2D eigenvalue weighted by molar-refractivity contribution is 5.81. The molecule has 0 amide bonds. The number of aliphatic hydroxyl groups excluding tert-OH is 1.